The van der Waals surface area contributed by atoms with Crippen LogP contribution >= 0.6 is 0 Å². The van der Waals surface area contributed by atoms with Crippen molar-refractivity contribution in [2.24, 2.45) is 0 Å². The third-order valence-electron chi connectivity index (χ3n) is 2.14. The van der Waals surface area contributed by atoms with Gasteiger partial charge in [-0.3, -0.25) is 0 Å². The molecule has 0 atom stereocenters. The van der Waals surface area contributed by atoms with Crippen molar-refractivity contribution in [3.63, 3.8) is 0 Å². The summed E-state index contributed by atoms with van der Waals surface area (Å²) in [5.74, 6) is -1.21. The highest BCUT2D eigenvalue weighted by Crippen LogP contribution is 2.21. The molecule has 0 saturated heterocycles. The molecule has 1 aromatic heterocycles. The minimum Gasteiger partial charge on any atom is -0.478 e. The highest BCUT2D eigenvalue weighted by Gasteiger charge is 2.11. The second-order valence-electron chi connectivity index (χ2n) is 3.49. The molecule has 6 heteroatoms. The van der Waals surface area contributed by atoms with Gasteiger partial charge in [-0.1, -0.05) is 0 Å². The van der Waals surface area contributed by atoms with Crippen LogP contribution in [0.25, 0.3) is 0 Å². The lowest BCUT2D eigenvalue weighted by Crippen LogP contribution is -2.00. The van der Waals surface area contributed by atoms with E-state index in [1.165, 1.54) is 18.3 Å². The van der Waals surface area contributed by atoms with Crippen LogP contribution in [0.2, 0.25) is 0 Å². The zero-order valence-corrected chi connectivity index (χ0v) is 9.42. The van der Waals surface area contributed by atoms with Crippen molar-refractivity contribution in [2.45, 2.75) is 6.92 Å². The molecule has 0 unspecified atom stereocenters. The molecule has 0 radical (unpaired) electrons. The molecule has 0 saturated carbocycles. The second-order valence-corrected chi connectivity index (χ2v) is 3.49. The molecule has 0 bridgehead atoms. The zero-order chi connectivity index (χ0) is 13.1. The first kappa shape index (κ1) is 12.0. The fourth-order valence-corrected chi connectivity index (χ4v) is 1.34. The van der Waals surface area contributed by atoms with Gasteiger partial charge in [-0.25, -0.2) is 14.2 Å². The summed E-state index contributed by atoms with van der Waals surface area (Å²) in [6.45, 7) is 1.70. The van der Waals surface area contributed by atoms with E-state index in [2.05, 4.69) is 9.97 Å². The molecule has 1 aromatic carbocycles. The highest BCUT2D eigenvalue weighted by molar-refractivity contribution is 5.88. The smallest absolute Gasteiger partial charge is 0.338 e. The van der Waals surface area contributed by atoms with Crippen LogP contribution in [0.15, 0.2) is 30.5 Å². The Hall–Kier alpha value is -2.50. The van der Waals surface area contributed by atoms with Gasteiger partial charge in [0.2, 0.25) is 5.88 Å². The number of carboxylic acids is 1. The van der Waals surface area contributed by atoms with Gasteiger partial charge in [-0.05, 0) is 19.1 Å². The summed E-state index contributed by atoms with van der Waals surface area (Å²) in [5, 5.41) is 8.68. The predicted molar refractivity (Wildman–Crippen MR) is 60.2 cm³/mol. The van der Waals surface area contributed by atoms with Gasteiger partial charge in [0.1, 0.15) is 17.4 Å². The van der Waals surface area contributed by atoms with Gasteiger partial charge in [0.15, 0.2) is 0 Å². The monoisotopic (exact) mass is 248 g/mol. The van der Waals surface area contributed by atoms with Gasteiger partial charge >= 0.3 is 5.97 Å². The maximum atomic E-state index is 13.4. The molecule has 0 aliphatic rings. The number of ether oxygens (including phenoxy) is 1. The number of rotatable bonds is 3. The van der Waals surface area contributed by atoms with Crippen LogP contribution in [0.3, 0.4) is 0 Å². The maximum absolute atomic E-state index is 13.4. The molecule has 5 nitrogen and oxygen atoms in total. The van der Waals surface area contributed by atoms with Gasteiger partial charge in [-0.15, -0.1) is 0 Å². The third kappa shape index (κ3) is 2.60. The largest absolute Gasteiger partial charge is 0.478 e. The number of hydrogen-bond donors (Lipinski definition) is 1. The van der Waals surface area contributed by atoms with Crippen LogP contribution in [-0.4, -0.2) is 21.0 Å². The van der Waals surface area contributed by atoms with Gasteiger partial charge < -0.3 is 9.84 Å². The molecule has 2 rings (SSSR count). The van der Waals surface area contributed by atoms with Crippen molar-refractivity contribution in [2.75, 3.05) is 0 Å². The molecule has 92 valence electrons. The lowest BCUT2D eigenvalue weighted by Gasteiger charge is -2.05. The van der Waals surface area contributed by atoms with E-state index < -0.39 is 17.3 Å². The van der Waals surface area contributed by atoms with Crippen LogP contribution in [0.1, 0.15) is 16.2 Å². The quantitative estimate of drug-likeness (QED) is 0.902. The molecule has 1 heterocycles. The first-order valence-electron chi connectivity index (χ1n) is 5.06. The first-order valence-corrected chi connectivity index (χ1v) is 5.06. The fourth-order valence-electron chi connectivity index (χ4n) is 1.34. The van der Waals surface area contributed by atoms with E-state index in [9.17, 15) is 9.18 Å². The molecule has 1 N–H and O–H groups in total. The van der Waals surface area contributed by atoms with Gasteiger partial charge in [0.25, 0.3) is 0 Å². The first-order chi connectivity index (χ1) is 8.56. The van der Waals surface area contributed by atoms with Gasteiger partial charge in [0, 0.05) is 18.3 Å². The number of carboxylic acid groups (broad SMARTS) is 1. The average molecular weight is 248 g/mol. The van der Waals surface area contributed by atoms with E-state index >= 15 is 0 Å². The Labute approximate surface area is 102 Å². The fraction of sp³-hybridized carbons (Fsp3) is 0.0833. The Bertz CT molecular complexity index is 602. The number of aromatic carboxylic acids is 1. The molecule has 0 aliphatic heterocycles. The van der Waals surface area contributed by atoms with E-state index in [4.69, 9.17) is 9.84 Å². The van der Waals surface area contributed by atoms with Gasteiger partial charge in [-0.2, -0.15) is 4.98 Å². The van der Waals surface area contributed by atoms with Gasteiger partial charge in [0.05, 0.1) is 5.56 Å². The molecule has 0 spiro atoms. The summed E-state index contributed by atoms with van der Waals surface area (Å²) in [7, 11) is 0. The Kier molecular flexibility index (Phi) is 3.18. The summed E-state index contributed by atoms with van der Waals surface area (Å²) >= 11 is 0. The number of nitrogens with zero attached hydrogens (tertiary/aromatic N) is 2. The zero-order valence-electron chi connectivity index (χ0n) is 9.42. The standard InChI is InChI=1S/C12H9FN2O3/c1-7-14-5-4-11(15-7)18-8-2-3-9(12(16)17)10(13)6-8/h2-6H,1H3,(H,16,17). The Morgan fingerprint density at radius 1 is 1.39 bits per heavy atom. The van der Waals surface area contributed by atoms with E-state index in [1.54, 1.807) is 6.92 Å². The number of aromatic nitrogens is 2. The highest BCUT2D eigenvalue weighted by atomic mass is 19.1. The molecule has 0 fully saturated rings. The molecule has 0 aliphatic carbocycles. The van der Waals surface area contributed by atoms with Crippen LogP contribution < -0.4 is 4.74 Å². The number of carbonyl (C=O) groups is 1. The predicted octanol–water partition coefficient (Wildman–Crippen LogP) is 2.41. The third-order valence-corrected chi connectivity index (χ3v) is 2.14. The van der Waals surface area contributed by atoms with Crippen molar-refractivity contribution < 1.29 is 19.0 Å². The van der Waals surface area contributed by atoms with Crippen molar-refractivity contribution in [1.29, 1.82) is 0 Å². The van der Waals surface area contributed by atoms with E-state index in [-0.39, 0.29) is 11.6 Å². The normalized spacial score (nSPS) is 10.1. The number of aryl methyl sites for hydroxylation is 1. The topological polar surface area (TPSA) is 72.3 Å². The minimum absolute atomic E-state index is 0.176. The van der Waals surface area contributed by atoms with Crippen molar-refractivity contribution in [3.8, 4) is 11.6 Å². The lowest BCUT2D eigenvalue weighted by atomic mass is 10.2. The summed E-state index contributed by atoms with van der Waals surface area (Å²) in [4.78, 5) is 18.5. The molecule has 18 heavy (non-hydrogen) atoms. The van der Waals surface area contributed by atoms with E-state index in [0.29, 0.717) is 5.82 Å². The Morgan fingerprint density at radius 2 is 2.17 bits per heavy atom. The van der Waals surface area contributed by atoms with Crippen LogP contribution in [-0.2, 0) is 0 Å². The van der Waals surface area contributed by atoms with E-state index in [0.717, 1.165) is 12.1 Å². The molecular formula is C12H9FN2O3. The minimum atomic E-state index is -1.32. The summed E-state index contributed by atoms with van der Waals surface area (Å²) < 4.78 is 18.7. The summed E-state index contributed by atoms with van der Waals surface area (Å²) in [6, 6.07) is 5.03. The maximum Gasteiger partial charge on any atom is 0.338 e. The van der Waals surface area contributed by atoms with Crippen molar-refractivity contribution in [3.05, 3.63) is 47.7 Å². The van der Waals surface area contributed by atoms with E-state index in [1.807, 2.05) is 0 Å². The second kappa shape index (κ2) is 4.79. The Balaban J connectivity index is 2.25. The lowest BCUT2D eigenvalue weighted by molar-refractivity contribution is 0.0692. The van der Waals surface area contributed by atoms with Crippen molar-refractivity contribution in [1.82, 2.24) is 9.97 Å². The SMILES string of the molecule is Cc1nccc(Oc2ccc(C(=O)O)c(F)c2)n1. The number of halogens is 1. The van der Waals surface area contributed by atoms with Crippen LogP contribution in [0, 0.1) is 12.7 Å². The summed E-state index contributed by atoms with van der Waals surface area (Å²) in [5.41, 5.74) is -0.402. The number of benzene rings is 1. The Morgan fingerprint density at radius 3 is 2.78 bits per heavy atom. The van der Waals surface area contributed by atoms with Crippen molar-refractivity contribution >= 4 is 5.97 Å². The summed E-state index contributed by atoms with van der Waals surface area (Å²) in [6.07, 6.45) is 1.51. The average Bonchev–Trinajstić information content (AvgIpc) is 2.28. The van der Waals surface area contributed by atoms with Crippen LogP contribution in [0.5, 0.6) is 11.6 Å². The molecule has 2 aromatic rings. The number of hydrogen-bond acceptors (Lipinski definition) is 4. The molecule has 0 amide bonds. The molecular weight excluding hydrogens is 239 g/mol. The van der Waals surface area contributed by atoms with Crippen LogP contribution in [0.4, 0.5) is 4.39 Å².